The highest BCUT2D eigenvalue weighted by Gasteiger charge is 2.34. The Morgan fingerprint density at radius 3 is 2.57 bits per heavy atom. The van der Waals surface area contributed by atoms with E-state index in [4.69, 9.17) is 0 Å². The molecule has 0 aliphatic carbocycles. The van der Waals surface area contributed by atoms with Crippen molar-refractivity contribution in [2.45, 2.75) is 6.18 Å². The first-order valence-corrected chi connectivity index (χ1v) is 5.52. The van der Waals surface area contributed by atoms with E-state index in [0.29, 0.717) is 6.07 Å². The molecule has 1 heterocycles. The topological polar surface area (TPSA) is 68.1 Å². The Morgan fingerprint density at radius 1 is 1.24 bits per heavy atom. The average Bonchev–Trinajstić information content (AvgIpc) is 2.40. The number of pyridine rings is 1. The summed E-state index contributed by atoms with van der Waals surface area (Å²) in [7, 11) is 0. The van der Waals surface area contributed by atoms with E-state index in [9.17, 15) is 27.7 Å². The highest BCUT2D eigenvalue weighted by atomic mass is 19.4. The molecule has 0 aliphatic rings. The molecular weight excluding hydrogens is 294 g/mol. The normalized spacial score (nSPS) is 11.2. The molecule has 0 unspecified atom stereocenters. The molecule has 1 aromatic carbocycles. The van der Waals surface area contributed by atoms with E-state index < -0.39 is 33.9 Å². The van der Waals surface area contributed by atoms with Crippen molar-refractivity contribution >= 4 is 17.2 Å². The molecule has 9 heteroatoms. The monoisotopic (exact) mass is 301 g/mol. The van der Waals surface area contributed by atoms with Crippen molar-refractivity contribution in [3.8, 4) is 0 Å². The molecule has 0 aliphatic heterocycles. The number of nitrogens with zero attached hydrogens (tertiary/aromatic N) is 2. The molecule has 1 N–H and O–H groups in total. The van der Waals surface area contributed by atoms with Crippen molar-refractivity contribution in [2.24, 2.45) is 0 Å². The molecule has 1 aromatic heterocycles. The van der Waals surface area contributed by atoms with Gasteiger partial charge in [0.05, 0.1) is 16.2 Å². The largest absolute Gasteiger partial charge is 0.418 e. The lowest BCUT2D eigenvalue weighted by Crippen LogP contribution is -2.10. The standard InChI is InChI=1S/C12H7F4N3O2/c13-7-3-4-9(8(6-7)12(14,15)16)18-11-10(19(20)21)2-1-5-17-11/h1-6H,(H,17,18). The van der Waals surface area contributed by atoms with E-state index in [0.717, 1.165) is 18.2 Å². The second-order valence-corrected chi connectivity index (χ2v) is 3.94. The third-order valence-electron chi connectivity index (χ3n) is 2.52. The van der Waals surface area contributed by atoms with Crippen LogP contribution in [0.3, 0.4) is 0 Å². The quantitative estimate of drug-likeness (QED) is 0.530. The zero-order chi connectivity index (χ0) is 15.6. The molecule has 21 heavy (non-hydrogen) atoms. The summed E-state index contributed by atoms with van der Waals surface area (Å²) < 4.78 is 51.5. The van der Waals surface area contributed by atoms with Gasteiger partial charge in [0.15, 0.2) is 0 Å². The molecule has 0 saturated heterocycles. The highest BCUT2D eigenvalue weighted by molar-refractivity contribution is 5.68. The molecule has 110 valence electrons. The molecule has 0 saturated carbocycles. The van der Waals surface area contributed by atoms with Gasteiger partial charge < -0.3 is 5.32 Å². The van der Waals surface area contributed by atoms with Crippen LogP contribution < -0.4 is 5.32 Å². The minimum atomic E-state index is -4.81. The number of nitro groups is 1. The summed E-state index contributed by atoms with van der Waals surface area (Å²) in [6.45, 7) is 0. The van der Waals surface area contributed by atoms with Crippen LogP contribution in [0.2, 0.25) is 0 Å². The maximum absolute atomic E-state index is 13.0. The van der Waals surface area contributed by atoms with Crippen molar-refractivity contribution in [3.63, 3.8) is 0 Å². The molecule has 5 nitrogen and oxygen atoms in total. The van der Waals surface area contributed by atoms with Gasteiger partial charge in [-0.1, -0.05) is 0 Å². The van der Waals surface area contributed by atoms with Crippen molar-refractivity contribution in [1.82, 2.24) is 4.98 Å². The number of rotatable bonds is 3. The lowest BCUT2D eigenvalue weighted by molar-refractivity contribution is -0.384. The minimum Gasteiger partial charge on any atom is -0.334 e. The number of alkyl halides is 3. The maximum Gasteiger partial charge on any atom is 0.418 e. The SMILES string of the molecule is O=[N+]([O-])c1cccnc1Nc1ccc(F)cc1C(F)(F)F. The van der Waals surface area contributed by atoms with Crippen molar-refractivity contribution in [1.29, 1.82) is 0 Å². The first-order chi connectivity index (χ1) is 9.79. The van der Waals surface area contributed by atoms with E-state index >= 15 is 0 Å². The smallest absolute Gasteiger partial charge is 0.334 e. The number of hydrogen-bond acceptors (Lipinski definition) is 4. The van der Waals surface area contributed by atoms with Crippen molar-refractivity contribution in [3.05, 3.63) is 58.0 Å². The highest BCUT2D eigenvalue weighted by Crippen LogP contribution is 2.37. The van der Waals surface area contributed by atoms with E-state index in [-0.39, 0.29) is 5.82 Å². The third kappa shape index (κ3) is 3.25. The fraction of sp³-hybridized carbons (Fsp3) is 0.0833. The van der Waals surface area contributed by atoms with Gasteiger partial charge >= 0.3 is 11.9 Å². The van der Waals surface area contributed by atoms with Crippen molar-refractivity contribution < 1.29 is 22.5 Å². The summed E-state index contributed by atoms with van der Waals surface area (Å²) >= 11 is 0. The molecule has 0 radical (unpaired) electrons. The maximum atomic E-state index is 13.0. The number of anilines is 2. The molecule has 2 aromatic rings. The second-order valence-electron chi connectivity index (χ2n) is 3.94. The third-order valence-corrected chi connectivity index (χ3v) is 2.52. The van der Waals surface area contributed by atoms with Crippen LogP contribution in [0, 0.1) is 15.9 Å². The fourth-order valence-electron chi connectivity index (χ4n) is 1.63. The van der Waals surface area contributed by atoms with Crippen LogP contribution in [0.25, 0.3) is 0 Å². The first-order valence-electron chi connectivity index (χ1n) is 5.52. The van der Waals surface area contributed by atoms with Gasteiger partial charge in [-0.15, -0.1) is 0 Å². The summed E-state index contributed by atoms with van der Waals surface area (Å²) in [5.74, 6) is -1.43. The van der Waals surface area contributed by atoms with Gasteiger partial charge in [-0.3, -0.25) is 10.1 Å². The predicted octanol–water partition coefficient (Wildman–Crippen LogP) is 3.89. The lowest BCUT2D eigenvalue weighted by Gasteiger charge is -2.14. The lowest BCUT2D eigenvalue weighted by atomic mass is 10.1. The number of hydrogen-bond donors (Lipinski definition) is 1. The molecule has 0 spiro atoms. The van der Waals surface area contributed by atoms with Gasteiger partial charge in [0.25, 0.3) is 0 Å². The van der Waals surface area contributed by atoms with E-state index in [1.54, 1.807) is 0 Å². The zero-order valence-electron chi connectivity index (χ0n) is 10.2. The molecule has 0 atom stereocenters. The zero-order valence-corrected chi connectivity index (χ0v) is 10.2. The summed E-state index contributed by atoms with van der Waals surface area (Å²) in [6.07, 6.45) is -3.62. The molecular formula is C12H7F4N3O2. The summed E-state index contributed by atoms with van der Waals surface area (Å²) in [4.78, 5) is 13.6. The second kappa shape index (κ2) is 5.35. The van der Waals surface area contributed by atoms with Crippen LogP contribution in [0.4, 0.5) is 34.8 Å². The predicted molar refractivity (Wildman–Crippen MR) is 65.6 cm³/mol. The van der Waals surface area contributed by atoms with E-state index in [1.807, 2.05) is 0 Å². The van der Waals surface area contributed by atoms with Crippen LogP contribution in [0.5, 0.6) is 0 Å². The number of benzene rings is 1. The fourth-order valence-corrected chi connectivity index (χ4v) is 1.63. The van der Waals surface area contributed by atoms with Crippen molar-refractivity contribution in [2.75, 3.05) is 5.32 Å². The van der Waals surface area contributed by atoms with Crippen LogP contribution in [0.1, 0.15) is 5.56 Å². The first kappa shape index (κ1) is 14.7. The molecule has 0 bridgehead atoms. The Bertz CT molecular complexity index is 688. The van der Waals surface area contributed by atoms with Gasteiger partial charge in [0.1, 0.15) is 5.82 Å². The van der Waals surface area contributed by atoms with Crippen LogP contribution in [-0.2, 0) is 6.18 Å². The number of nitrogens with one attached hydrogen (secondary N) is 1. The van der Waals surface area contributed by atoms with Crippen LogP contribution >= 0.6 is 0 Å². The summed E-state index contributed by atoms with van der Waals surface area (Å²) in [5.41, 5.74) is -2.29. The molecule has 0 amide bonds. The Morgan fingerprint density at radius 2 is 1.95 bits per heavy atom. The van der Waals surface area contributed by atoms with Gasteiger partial charge in [0.2, 0.25) is 5.82 Å². The Labute approximate surface area is 115 Å². The van der Waals surface area contributed by atoms with Gasteiger partial charge in [-0.2, -0.15) is 13.2 Å². The Kier molecular flexibility index (Phi) is 3.74. The Balaban J connectivity index is 2.48. The molecule has 2 rings (SSSR count). The Hall–Kier alpha value is -2.71. The summed E-state index contributed by atoms with van der Waals surface area (Å²) in [5, 5.41) is 13.0. The molecule has 0 fully saturated rings. The average molecular weight is 301 g/mol. The van der Waals surface area contributed by atoms with Gasteiger partial charge in [-0.25, -0.2) is 9.37 Å². The number of aromatic nitrogens is 1. The van der Waals surface area contributed by atoms with E-state index in [1.165, 1.54) is 12.3 Å². The number of halogens is 4. The van der Waals surface area contributed by atoms with Gasteiger partial charge in [-0.05, 0) is 24.3 Å². The summed E-state index contributed by atoms with van der Waals surface area (Å²) in [6, 6.07) is 4.32. The van der Waals surface area contributed by atoms with Crippen LogP contribution in [-0.4, -0.2) is 9.91 Å². The van der Waals surface area contributed by atoms with Gasteiger partial charge in [0, 0.05) is 12.3 Å². The van der Waals surface area contributed by atoms with E-state index in [2.05, 4.69) is 10.3 Å². The minimum absolute atomic E-state index is 0.303. The van der Waals surface area contributed by atoms with Crippen LogP contribution in [0.15, 0.2) is 36.5 Å².